The Morgan fingerprint density at radius 3 is 0.789 bits per heavy atom. The molecule has 1 atom stereocenters. The van der Waals surface area contributed by atoms with Gasteiger partial charge in [-0.1, -0.05) is 214 Å². The lowest BCUT2D eigenvalue weighted by molar-refractivity contribution is 0.365. The van der Waals surface area contributed by atoms with Crippen molar-refractivity contribution in [2.45, 2.75) is 227 Å². The van der Waals surface area contributed by atoms with Crippen LogP contribution in [-0.4, -0.2) is 0 Å². The lowest BCUT2D eigenvalue weighted by Gasteiger charge is -2.19. The lowest BCUT2D eigenvalue weighted by Crippen LogP contribution is -2.04. The van der Waals surface area contributed by atoms with Crippen molar-refractivity contribution in [3.8, 4) is 0 Å². The predicted molar refractivity (Wildman–Crippen MR) is 177 cm³/mol. The van der Waals surface area contributed by atoms with Gasteiger partial charge in [-0.15, -0.1) is 0 Å². The summed E-state index contributed by atoms with van der Waals surface area (Å²) in [4.78, 5) is 0. The Balaban J connectivity index is 4.27. The van der Waals surface area contributed by atoms with Gasteiger partial charge >= 0.3 is 0 Å². The number of hydrogen-bond donors (Lipinski definition) is 0. The van der Waals surface area contributed by atoms with E-state index in [0.717, 1.165) is 11.8 Å². The molecule has 229 valence electrons. The normalized spacial score (nSPS) is 12.6. The van der Waals surface area contributed by atoms with E-state index in [9.17, 15) is 0 Å². The highest BCUT2D eigenvalue weighted by Gasteiger charge is 2.11. The van der Waals surface area contributed by atoms with Crippen LogP contribution >= 0.6 is 0 Å². The first kappa shape index (κ1) is 38.0. The number of rotatable bonds is 33. The van der Waals surface area contributed by atoms with E-state index in [4.69, 9.17) is 0 Å². The molecule has 0 heteroatoms. The van der Waals surface area contributed by atoms with Crippen LogP contribution in [0, 0.1) is 18.3 Å². The highest BCUT2D eigenvalue weighted by atomic mass is 14.2. The molecule has 0 heterocycles. The van der Waals surface area contributed by atoms with Crippen molar-refractivity contribution in [1.82, 2.24) is 0 Å². The third kappa shape index (κ3) is 29.0. The summed E-state index contributed by atoms with van der Waals surface area (Å²) in [7, 11) is 0. The van der Waals surface area contributed by atoms with Gasteiger partial charge in [0.05, 0.1) is 0 Å². The van der Waals surface area contributed by atoms with Crippen LogP contribution in [0.25, 0.3) is 0 Å². The van der Waals surface area contributed by atoms with Gasteiger partial charge < -0.3 is 0 Å². The summed E-state index contributed by atoms with van der Waals surface area (Å²) in [6.45, 7) is 9.33. The molecule has 1 unspecified atom stereocenters. The molecule has 0 aliphatic heterocycles. The molecule has 0 saturated carbocycles. The minimum atomic E-state index is 1.00. The zero-order valence-electron chi connectivity index (χ0n) is 27.7. The van der Waals surface area contributed by atoms with Crippen molar-refractivity contribution < 1.29 is 0 Å². The van der Waals surface area contributed by atoms with E-state index in [1.54, 1.807) is 0 Å². The van der Waals surface area contributed by atoms with Gasteiger partial charge in [0.2, 0.25) is 0 Å². The average Bonchev–Trinajstić information content (AvgIpc) is 2.93. The van der Waals surface area contributed by atoms with Gasteiger partial charge in [0.25, 0.3) is 0 Å². The first-order valence-corrected chi connectivity index (χ1v) is 18.6. The van der Waals surface area contributed by atoms with Crippen molar-refractivity contribution in [1.29, 1.82) is 0 Å². The van der Waals surface area contributed by atoms with E-state index in [1.807, 2.05) is 0 Å². The van der Waals surface area contributed by atoms with Crippen LogP contribution in [0.3, 0.4) is 0 Å². The minimum absolute atomic E-state index is 1.00. The maximum atomic E-state index is 2.71. The van der Waals surface area contributed by atoms with Gasteiger partial charge in [-0.05, 0) is 31.1 Å². The monoisotopic (exact) mass is 534 g/mol. The van der Waals surface area contributed by atoms with Crippen molar-refractivity contribution in [2.75, 3.05) is 0 Å². The zero-order chi connectivity index (χ0) is 27.8. The van der Waals surface area contributed by atoms with Gasteiger partial charge in [-0.3, -0.25) is 0 Å². The van der Waals surface area contributed by atoms with Crippen molar-refractivity contribution in [3.05, 3.63) is 6.42 Å². The van der Waals surface area contributed by atoms with Crippen molar-refractivity contribution in [2.24, 2.45) is 11.8 Å². The summed E-state index contributed by atoms with van der Waals surface area (Å²) in [5.41, 5.74) is 0. The highest BCUT2D eigenvalue weighted by Crippen LogP contribution is 2.27. The van der Waals surface area contributed by atoms with E-state index in [2.05, 4.69) is 34.1 Å². The molecular weight excluding hydrogens is 456 g/mol. The fourth-order valence-electron chi connectivity index (χ4n) is 6.39. The van der Waals surface area contributed by atoms with Gasteiger partial charge in [-0.25, -0.2) is 0 Å². The molecule has 38 heavy (non-hydrogen) atoms. The number of unbranched alkanes of at least 4 members (excludes halogenated alkanes) is 21. The topological polar surface area (TPSA) is 0 Å². The Morgan fingerprint density at radius 2 is 0.526 bits per heavy atom. The lowest BCUT2D eigenvalue weighted by atomic mass is 9.87. The quantitative estimate of drug-likeness (QED) is 0.0736. The summed E-state index contributed by atoms with van der Waals surface area (Å²) in [5.74, 6) is 2.00. The average molecular weight is 534 g/mol. The summed E-state index contributed by atoms with van der Waals surface area (Å²) in [6.07, 6.45) is 47.8. The maximum Gasteiger partial charge on any atom is -0.0386 e. The molecule has 0 aromatic rings. The zero-order valence-corrected chi connectivity index (χ0v) is 27.7. The van der Waals surface area contributed by atoms with Crippen LogP contribution in [0.2, 0.25) is 0 Å². The second-order valence-electron chi connectivity index (χ2n) is 13.0. The second kappa shape index (κ2) is 33.2. The molecule has 0 spiro atoms. The molecule has 0 bridgehead atoms. The SMILES string of the molecule is CCCCCCCCC(CC[CH]CCC(CCCCCCCC)CCCCCCCC)CCCCCCC. The van der Waals surface area contributed by atoms with E-state index in [-0.39, 0.29) is 0 Å². The Bertz CT molecular complexity index is 383. The molecule has 0 amide bonds. The number of hydrogen-bond acceptors (Lipinski definition) is 0. The largest absolute Gasteiger partial charge is 0.0654 e. The summed E-state index contributed by atoms with van der Waals surface area (Å²) >= 11 is 0. The van der Waals surface area contributed by atoms with Gasteiger partial charge in [0.15, 0.2) is 0 Å². The maximum absolute atomic E-state index is 2.71. The van der Waals surface area contributed by atoms with Crippen LogP contribution in [0.1, 0.15) is 227 Å². The summed E-state index contributed by atoms with van der Waals surface area (Å²) in [6, 6.07) is 0. The van der Waals surface area contributed by atoms with Gasteiger partial charge in [-0.2, -0.15) is 0 Å². The first-order chi connectivity index (χ1) is 18.8. The Hall–Kier alpha value is 0. The first-order valence-electron chi connectivity index (χ1n) is 18.6. The molecule has 1 radical (unpaired) electrons. The van der Waals surface area contributed by atoms with Crippen molar-refractivity contribution >= 4 is 0 Å². The smallest absolute Gasteiger partial charge is 0.0386 e. The highest BCUT2D eigenvalue weighted by molar-refractivity contribution is 4.72. The van der Waals surface area contributed by atoms with E-state index < -0.39 is 0 Å². The van der Waals surface area contributed by atoms with E-state index in [0.29, 0.717) is 0 Å². The second-order valence-corrected chi connectivity index (χ2v) is 13.0. The Morgan fingerprint density at radius 1 is 0.289 bits per heavy atom. The van der Waals surface area contributed by atoms with Crippen molar-refractivity contribution in [3.63, 3.8) is 0 Å². The van der Waals surface area contributed by atoms with Crippen LogP contribution in [0.15, 0.2) is 0 Å². The van der Waals surface area contributed by atoms with Crippen LogP contribution < -0.4 is 0 Å². The van der Waals surface area contributed by atoms with Crippen LogP contribution in [0.5, 0.6) is 0 Å². The molecule has 0 N–H and O–H groups in total. The molecule has 0 aliphatic carbocycles. The third-order valence-electron chi connectivity index (χ3n) is 9.17. The molecule has 0 aromatic carbocycles. The fraction of sp³-hybridized carbons (Fsp3) is 0.974. The Kier molecular flexibility index (Phi) is 33.2. The Labute approximate surface area is 244 Å². The van der Waals surface area contributed by atoms with Gasteiger partial charge in [0.1, 0.15) is 0 Å². The van der Waals surface area contributed by atoms with Crippen LogP contribution in [0.4, 0.5) is 0 Å². The molecule has 0 nitrogen and oxygen atoms in total. The molecule has 0 aromatic heterocycles. The minimum Gasteiger partial charge on any atom is -0.0654 e. The van der Waals surface area contributed by atoms with Gasteiger partial charge in [0, 0.05) is 0 Å². The summed E-state index contributed by atoms with van der Waals surface area (Å²) < 4.78 is 0. The van der Waals surface area contributed by atoms with E-state index in [1.165, 1.54) is 199 Å². The van der Waals surface area contributed by atoms with E-state index >= 15 is 0 Å². The van der Waals surface area contributed by atoms with Crippen LogP contribution in [-0.2, 0) is 0 Å². The molecule has 0 fully saturated rings. The summed E-state index contributed by atoms with van der Waals surface area (Å²) in [5, 5.41) is 0. The third-order valence-corrected chi connectivity index (χ3v) is 9.17. The molecule has 0 aliphatic rings. The molecule has 0 rings (SSSR count). The predicted octanol–water partition coefficient (Wildman–Crippen LogP) is 14.6. The fourth-order valence-corrected chi connectivity index (χ4v) is 6.39. The molecule has 0 saturated heterocycles. The standard InChI is InChI=1S/C38H77/c1-5-9-13-17-21-26-32-37(31-25-20-16-12-8-4)35-29-24-30-36-38(33-27-22-18-14-10-6-2)34-28-23-19-15-11-7-3/h24,37-38H,5-23,25-36H2,1-4H3. The molecular formula is C38H77.